The van der Waals surface area contributed by atoms with Gasteiger partial charge in [0, 0.05) is 45.4 Å². The molecule has 0 bridgehead atoms. The summed E-state index contributed by atoms with van der Waals surface area (Å²) >= 11 is 0. The molecule has 2 N–H and O–H groups in total. The molecule has 3 rings (SSSR count). The topological polar surface area (TPSA) is 48.9 Å². The molecule has 1 aliphatic rings. The minimum absolute atomic E-state index is 0.451. The van der Waals surface area contributed by atoms with Gasteiger partial charge in [0.25, 0.3) is 0 Å². The number of nitrogens with zero attached hydrogens (tertiary/aromatic N) is 2. The van der Waals surface area contributed by atoms with Gasteiger partial charge in [-0.25, -0.2) is 0 Å². The summed E-state index contributed by atoms with van der Waals surface area (Å²) in [6.07, 6.45) is 2.25. The quantitative estimate of drug-likeness (QED) is 0.513. The van der Waals surface area contributed by atoms with Crippen LogP contribution in [0.2, 0.25) is 0 Å². The zero-order valence-corrected chi connectivity index (χ0v) is 18.6. The molecule has 2 unspecified atom stereocenters. The predicted molar refractivity (Wildman–Crippen MR) is 124 cm³/mol. The van der Waals surface area contributed by atoms with E-state index in [9.17, 15) is 0 Å². The Morgan fingerprint density at radius 3 is 2.47 bits per heavy atom. The number of hydrogen-bond acceptors (Lipinski definition) is 3. The summed E-state index contributed by atoms with van der Waals surface area (Å²) in [6.45, 7) is 8.66. The van der Waals surface area contributed by atoms with Crippen LogP contribution in [0.1, 0.15) is 43.4 Å². The summed E-state index contributed by atoms with van der Waals surface area (Å²) in [5.74, 6) is 0.877. The van der Waals surface area contributed by atoms with Crippen LogP contribution in [0.25, 0.3) is 0 Å². The van der Waals surface area contributed by atoms with Crippen LogP contribution in [0.3, 0.4) is 0 Å². The fourth-order valence-corrected chi connectivity index (χ4v) is 3.95. The van der Waals surface area contributed by atoms with Crippen molar-refractivity contribution in [3.63, 3.8) is 0 Å². The van der Waals surface area contributed by atoms with Gasteiger partial charge >= 0.3 is 0 Å². The summed E-state index contributed by atoms with van der Waals surface area (Å²) in [7, 11) is 1.84. The van der Waals surface area contributed by atoms with Gasteiger partial charge in [-0.15, -0.1) is 0 Å². The minimum atomic E-state index is 0.451. The lowest BCUT2D eigenvalue weighted by molar-refractivity contribution is 0.134. The zero-order chi connectivity index (χ0) is 21.2. The lowest BCUT2D eigenvalue weighted by atomic mass is 9.97. The molecule has 5 heteroatoms. The predicted octanol–water partition coefficient (Wildman–Crippen LogP) is 3.94. The second kappa shape index (κ2) is 11.7. The lowest BCUT2D eigenvalue weighted by Gasteiger charge is -2.38. The van der Waals surface area contributed by atoms with Gasteiger partial charge in [0.1, 0.15) is 0 Å². The number of benzene rings is 2. The van der Waals surface area contributed by atoms with E-state index in [0.717, 1.165) is 45.0 Å². The number of rotatable bonds is 8. The minimum Gasteiger partial charge on any atom is -0.377 e. The third-order valence-corrected chi connectivity index (χ3v) is 5.76. The van der Waals surface area contributed by atoms with Crippen LogP contribution in [0.15, 0.2) is 59.6 Å². The van der Waals surface area contributed by atoms with Gasteiger partial charge < -0.3 is 15.4 Å². The molecule has 0 saturated carbocycles. The van der Waals surface area contributed by atoms with Crippen molar-refractivity contribution in [2.75, 3.05) is 20.2 Å². The molecule has 0 aliphatic carbocycles. The SMILES string of the molecule is CCOCc1ccc(CNC(=NC)NC2CCN(Cc3ccccc3)C(C)C2)cc1. The van der Waals surface area contributed by atoms with E-state index in [2.05, 4.69) is 82.0 Å². The average molecular weight is 409 g/mol. The van der Waals surface area contributed by atoms with Crippen molar-refractivity contribution in [3.8, 4) is 0 Å². The molecular weight excluding hydrogens is 372 g/mol. The Morgan fingerprint density at radius 2 is 1.80 bits per heavy atom. The molecule has 1 aliphatic heterocycles. The Morgan fingerprint density at radius 1 is 1.07 bits per heavy atom. The standard InChI is InChI=1S/C25H36N4O/c1-4-30-19-23-12-10-21(11-13-23)17-27-25(26-3)28-24-14-15-29(20(2)16-24)18-22-8-6-5-7-9-22/h5-13,20,24H,4,14-19H2,1-3H3,(H2,26,27,28). The first-order valence-corrected chi connectivity index (χ1v) is 11.1. The molecule has 2 atom stereocenters. The van der Waals surface area contributed by atoms with Crippen molar-refractivity contribution in [2.24, 2.45) is 4.99 Å². The fraction of sp³-hybridized carbons (Fsp3) is 0.480. The number of nitrogens with one attached hydrogen (secondary N) is 2. The number of hydrogen-bond donors (Lipinski definition) is 2. The van der Waals surface area contributed by atoms with Crippen LogP contribution in [-0.4, -0.2) is 43.1 Å². The van der Waals surface area contributed by atoms with Gasteiger partial charge in [0.05, 0.1) is 6.61 Å². The summed E-state index contributed by atoms with van der Waals surface area (Å²) < 4.78 is 5.46. The van der Waals surface area contributed by atoms with Gasteiger partial charge in [-0.3, -0.25) is 9.89 Å². The van der Waals surface area contributed by atoms with Crippen molar-refractivity contribution in [1.29, 1.82) is 0 Å². The second-order valence-corrected chi connectivity index (χ2v) is 8.05. The summed E-state index contributed by atoms with van der Waals surface area (Å²) in [5.41, 5.74) is 3.84. The van der Waals surface area contributed by atoms with Crippen LogP contribution < -0.4 is 10.6 Å². The van der Waals surface area contributed by atoms with Crippen molar-refractivity contribution in [1.82, 2.24) is 15.5 Å². The number of guanidine groups is 1. The average Bonchev–Trinajstić information content (AvgIpc) is 2.78. The Labute approximate surface area is 181 Å². The normalized spacial score (nSPS) is 20.2. The molecule has 1 saturated heterocycles. The van der Waals surface area contributed by atoms with E-state index >= 15 is 0 Å². The van der Waals surface area contributed by atoms with Crippen LogP contribution in [-0.2, 0) is 24.4 Å². The zero-order valence-electron chi connectivity index (χ0n) is 18.6. The van der Waals surface area contributed by atoms with Crippen molar-refractivity contribution >= 4 is 5.96 Å². The highest BCUT2D eigenvalue weighted by Crippen LogP contribution is 2.20. The molecule has 0 amide bonds. The third kappa shape index (κ3) is 6.85. The first-order valence-electron chi connectivity index (χ1n) is 11.1. The van der Waals surface area contributed by atoms with Gasteiger partial charge in [-0.2, -0.15) is 0 Å². The third-order valence-electron chi connectivity index (χ3n) is 5.76. The highest BCUT2D eigenvalue weighted by molar-refractivity contribution is 5.79. The van der Waals surface area contributed by atoms with E-state index in [1.807, 2.05) is 14.0 Å². The van der Waals surface area contributed by atoms with Gasteiger partial charge in [0.2, 0.25) is 0 Å². The monoisotopic (exact) mass is 408 g/mol. The Bertz CT molecular complexity index is 775. The van der Waals surface area contributed by atoms with E-state index in [4.69, 9.17) is 4.74 Å². The molecule has 2 aromatic carbocycles. The van der Waals surface area contributed by atoms with Crippen LogP contribution in [0, 0.1) is 0 Å². The molecular formula is C25H36N4O. The first-order chi connectivity index (χ1) is 14.7. The molecule has 0 aromatic heterocycles. The number of likely N-dealkylation sites (tertiary alicyclic amines) is 1. The largest absolute Gasteiger partial charge is 0.377 e. The maximum Gasteiger partial charge on any atom is 0.191 e. The number of piperidine rings is 1. The summed E-state index contributed by atoms with van der Waals surface area (Å²) in [4.78, 5) is 7.00. The highest BCUT2D eigenvalue weighted by Gasteiger charge is 2.25. The maximum absolute atomic E-state index is 5.46. The maximum atomic E-state index is 5.46. The molecule has 1 heterocycles. The Hall–Kier alpha value is -2.37. The van der Waals surface area contributed by atoms with Crippen molar-refractivity contribution < 1.29 is 4.74 Å². The number of ether oxygens (including phenoxy) is 1. The van der Waals surface area contributed by atoms with Crippen LogP contribution >= 0.6 is 0 Å². The molecule has 5 nitrogen and oxygen atoms in total. The summed E-state index contributed by atoms with van der Waals surface area (Å²) in [6, 6.07) is 20.3. The molecule has 0 radical (unpaired) electrons. The molecule has 30 heavy (non-hydrogen) atoms. The van der Waals surface area contributed by atoms with Gasteiger partial charge in [-0.1, -0.05) is 54.6 Å². The molecule has 2 aromatic rings. The lowest BCUT2D eigenvalue weighted by Crippen LogP contribution is -2.51. The number of aliphatic imine (C=N–C) groups is 1. The second-order valence-electron chi connectivity index (χ2n) is 8.05. The van der Waals surface area contributed by atoms with Crippen LogP contribution in [0.5, 0.6) is 0 Å². The van der Waals surface area contributed by atoms with E-state index < -0.39 is 0 Å². The van der Waals surface area contributed by atoms with E-state index in [-0.39, 0.29) is 0 Å². The van der Waals surface area contributed by atoms with Gasteiger partial charge in [-0.05, 0) is 43.4 Å². The van der Waals surface area contributed by atoms with E-state index in [1.54, 1.807) is 0 Å². The molecule has 1 fully saturated rings. The Balaban J connectivity index is 1.43. The smallest absolute Gasteiger partial charge is 0.191 e. The van der Waals surface area contributed by atoms with Crippen molar-refractivity contribution in [3.05, 3.63) is 71.3 Å². The van der Waals surface area contributed by atoms with E-state index in [0.29, 0.717) is 18.7 Å². The fourth-order valence-electron chi connectivity index (χ4n) is 3.95. The molecule has 162 valence electrons. The summed E-state index contributed by atoms with van der Waals surface area (Å²) in [5, 5.41) is 7.08. The highest BCUT2D eigenvalue weighted by atomic mass is 16.5. The molecule has 0 spiro atoms. The first kappa shape index (κ1) is 22.3. The van der Waals surface area contributed by atoms with Crippen molar-refractivity contribution in [2.45, 2.75) is 58.5 Å². The van der Waals surface area contributed by atoms with Gasteiger partial charge in [0.15, 0.2) is 5.96 Å². The van der Waals surface area contributed by atoms with E-state index in [1.165, 1.54) is 16.7 Å². The Kier molecular flexibility index (Phi) is 8.72. The van der Waals surface area contributed by atoms with Crippen LogP contribution in [0.4, 0.5) is 0 Å².